The van der Waals surface area contributed by atoms with Crippen molar-refractivity contribution in [1.29, 1.82) is 0 Å². The lowest BCUT2D eigenvalue weighted by Gasteiger charge is -2.34. The second-order valence-corrected chi connectivity index (χ2v) is 17.2. The zero-order valence-corrected chi connectivity index (χ0v) is 40.5. The molecule has 0 bridgehead atoms. The molecule has 10 rings (SSSR count). The van der Waals surface area contributed by atoms with Crippen molar-refractivity contribution in [2.45, 2.75) is 10.8 Å². The summed E-state index contributed by atoms with van der Waals surface area (Å²) in [7, 11) is 2.67. The topological polar surface area (TPSA) is 200 Å². The Kier molecular flexibility index (Phi) is 14.8. The van der Waals surface area contributed by atoms with Crippen LogP contribution in [-0.4, -0.2) is 64.4 Å². The number of hydrogen-bond acceptors (Lipinski definition) is 12. The SMILES string of the molecule is COC(=O)COc1ccc(C2(c3ccc(OCC(=O)OC)cc3)c3ccccc3-c3ccccc32)cc1.NNC(=O)COc1ccc(C2(c3ccc(OCC(=O)NN)cc3)c3ccccc3-c3ccccc32)cc1. The van der Waals surface area contributed by atoms with Gasteiger partial charge in [-0.3, -0.25) is 20.4 Å². The molecule has 2 aliphatic rings. The fraction of sp³-hybridized carbons (Fsp3) is 0.133. The molecular weight excluding hydrogens is 937 g/mol. The normalized spacial score (nSPS) is 12.7. The predicted molar refractivity (Wildman–Crippen MR) is 278 cm³/mol. The lowest BCUT2D eigenvalue weighted by molar-refractivity contribution is -0.143. The van der Waals surface area contributed by atoms with Crippen LogP contribution in [0, 0.1) is 0 Å². The van der Waals surface area contributed by atoms with E-state index in [1.807, 2.05) is 121 Å². The van der Waals surface area contributed by atoms with Gasteiger partial charge in [-0.25, -0.2) is 21.3 Å². The fourth-order valence-electron chi connectivity index (χ4n) is 10.0. The average Bonchev–Trinajstić information content (AvgIpc) is 3.97. The van der Waals surface area contributed by atoms with Crippen molar-refractivity contribution in [1.82, 2.24) is 10.9 Å². The maximum atomic E-state index is 11.5. The summed E-state index contributed by atoms with van der Waals surface area (Å²) in [6.07, 6.45) is 0. The zero-order chi connectivity index (χ0) is 51.7. The van der Waals surface area contributed by atoms with E-state index in [1.165, 1.54) is 36.5 Å². The van der Waals surface area contributed by atoms with E-state index >= 15 is 0 Å². The molecule has 74 heavy (non-hydrogen) atoms. The van der Waals surface area contributed by atoms with Crippen LogP contribution < -0.4 is 41.5 Å². The van der Waals surface area contributed by atoms with Gasteiger partial charge in [-0.2, -0.15) is 0 Å². The van der Waals surface area contributed by atoms with Crippen LogP contribution >= 0.6 is 0 Å². The number of hydrazine groups is 2. The van der Waals surface area contributed by atoms with Gasteiger partial charge in [0.2, 0.25) is 0 Å². The molecular formula is C60H52N4O10. The number of ether oxygens (including phenoxy) is 6. The van der Waals surface area contributed by atoms with E-state index in [4.69, 9.17) is 30.6 Å². The second kappa shape index (κ2) is 22.0. The maximum absolute atomic E-state index is 11.5. The highest BCUT2D eigenvalue weighted by Crippen LogP contribution is 2.57. The first-order valence-electron chi connectivity index (χ1n) is 23.6. The van der Waals surface area contributed by atoms with E-state index in [0.717, 1.165) is 44.5 Å². The average molecular weight is 989 g/mol. The van der Waals surface area contributed by atoms with Crippen LogP contribution in [0.4, 0.5) is 0 Å². The molecule has 14 heteroatoms. The van der Waals surface area contributed by atoms with Crippen molar-refractivity contribution in [2.24, 2.45) is 11.7 Å². The van der Waals surface area contributed by atoms with Gasteiger partial charge < -0.3 is 28.4 Å². The first-order chi connectivity index (χ1) is 36.1. The number of carbonyl (C=O) groups excluding carboxylic acids is 4. The number of rotatable bonds is 16. The Morgan fingerprint density at radius 1 is 0.351 bits per heavy atom. The van der Waals surface area contributed by atoms with Gasteiger partial charge in [0.25, 0.3) is 11.8 Å². The van der Waals surface area contributed by atoms with Crippen molar-refractivity contribution in [3.63, 3.8) is 0 Å². The quantitative estimate of drug-likeness (QED) is 0.0316. The molecule has 0 aliphatic heterocycles. The van der Waals surface area contributed by atoms with Crippen LogP contribution in [-0.2, 0) is 39.5 Å². The first-order valence-corrected chi connectivity index (χ1v) is 23.6. The summed E-state index contributed by atoms with van der Waals surface area (Å²) < 4.78 is 31.7. The minimum absolute atomic E-state index is 0.153. The van der Waals surface area contributed by atoms with Crippen LogP contribution in [0.1, 0.15) is 44.5 Å². The lowest BCUT2D eigenvalue weighted by atomic mass is 9.68. The Bertz CT molecular complexity index is 2860. The molecule has 8 aromatic carbocycles. The number of carbonyl (C=O) groups is 4. The molecule has 0 radical (unpaired) electrons. The van der Waals surface area contributed by atoms with Crippen LogP contribution in [0.2, 0.25) is 0 Å². The standard InChI is InChI=1S/C31H26O6.C29H26N4O4/c1-34-29(32)19-36-23-15-11-21(12-16-23)31(22-13-17-24(18-14-22)37-20-30(33)35-2)27-9-5-3-7-25(27)26-8-4-6-10-28(26)31;30-32-27(34)17-36-21-13-9-19(10-14-21)29(20-11-15-22(16-12-20)37-18-28(35)33-31)25-7-3-1-5-23(25)24-6-2-4-8-26(24)29/h3-18H,19-20H2,1-2H3;1-16H,17-18,30-31H2,(H,32,34)(H,33,35). The molecule has 14 nitrogen and oxygen atoms in total. The van der Waals surface area contributed by atoms with Crippen molar-refractivity contribution in [2.75, 3.05) is 40.6 Å². The number of benzene rings is 8. The van der Waals surface area contributed by atoms with E-state index < -0.39 is 34.6 Å². The van der Waals surface area contributed by atoms with Crippen LogP contribution in [0.5, 0.6) is 23.0 Å². The second-order valence-electron chi connectivity index (χ2n) is 17.2. The molecule has 2 aliphatic carbocycles. The summed E-state index contributed by atoms with van der Waals surface area (Å²) >= 11 is 0. The number of nitrogens with two attached hydrogens (primary N) is 2. The van der Waals surface area contributed by atoms with Crippen molar-refractivity contribution in [3.8, 4) is 45.3 Å². The van der Waals surface area contributed by atoms with E-state index in [1.54, 1.807) is 0 Å². The van der Waals surface area contributed by atoms with Gasteiger partial charge in [-0.15, -0.1) is 0 Å². The van der Waals surface area contributed by atoms with Gasteiger partial charge in [0.05, 0.1) is 25.0 Å². The van der Waals surface area contributed by atoms with Gasteiger partial charge in [0.15, 0.2) is 26.4 Å². The summed E-state index contributed by atoms with van der Waals surface area (Å²) in [6, 6.07) is 64.8. The van der Waals surface area contributed by atoms with Gasteiger partial charge in [0.1, 0.15) is 23.0 Å². The summed E-state index contributed by atoms with van der Waals surface area (Å²) in [6.45, 7) is -0.647. The van der Waals surface area contributed by atoms with Gasteiger partial charge in [-0.1, -0.05) is 146 Å². The molecule has 0 atom stereocenters. The summed E-state index contributed by atoms with van der Waals surface area (Å²) in [4.78, 5) is 46.0. The predicted octanol–water partition coefficient (Wildman–Crippen LogP) is 7.94. The molecule has 6 N–H and O–H groups in total. The van der Waals surface area contributed by atoms with Gasteiger partial charge >= 0.3 is 11.9 Å². The largest absolute Gasteiger partial charge is 0.484 e. The summed E-state index contributed by atoms with van der Waals surface area (Å²) in [5.41, 5.74) is 16.4. The third kappa shape index (κ3) is 9.50. The zero-order valence-electron chi connectivity index (χ0n) is 40.5. The highest BCUT2D eigenvalue weighted by molar-refractivity contribution is 5.88. The number of hydrogen-bond donors (Lipinski definition) is 4. The molecule has 0 saturated heterocycles. The van der Waals surface area contributed by atoms with Crippen molar-refractivity contribution < 1.29 is 47.6 Å². The van der Waals surface area contributed by atoms with Crippen molar-refractivity contribution in [3.05, 3.63) is 239 Å². The molecule has 0 unspecified atom stereocenters. The Balaban J connectivity index is 0.000000182. The fourth-order valence-corrected chi connectivity index (χ4v) is 10.0. The van der Waals surface area contributed by atoms with Gasteiger partial charge in [0, 0.05) is 0 Å². The maximum Gasteiger partial charge on any atom is 0.343 e. The van der Waals surface area contributed by atoms with Gasteiger partial charge in [-0.05, 0) is 115 Å². The van der Waals surface area contributed by atoms with Crippen LogP contribution in [0.25, 0.3) is 22.3 Å². The Hall–Kier alpha value is -9.24. The first kappa shape index (κ1) is 49.7. The van der Waals surface area contributed by atoms with Crippen molar-refractivity contribution >= 4 is 23.8 Å². The molecule has 372 valence electrons. The molecule has 8 aromatic rings. The van der Waals surface area contributed by atoms with E-state index in [9.17, 15) is 19.2 Å². The lowest BCUT2D eigenvalue weighted by Crippen LogP contribution is -2.34. The molecule has 0 aromatic heterocycles. The number of esters is 2. The highest BCUT2D eigenvalue weighted by atomic mass is 16.6. The molecule has 2 amide bonds. The Morgan fingerprint density at radius 2 is 0.581 bits per heavy atom. The number of fused-ring (bicyclic) bond motifs is 6. The van der Waals surface area contributed by atoms with Crippen LogP contribution in [0.15, 0.2) is 194 Å². The van der Waals surface area contributed by atoms with E-state index in [-0.39, 0.29) is 26.4 Å². The van der Waals surface area contributed by atoms with Crippen LogP contribution in [0.3, 0.4) is 0 Å². The smallest absolute Gasteiger partial charge is 0.343 e. The number of nitrogens with one attached hydrogen (secondary N) is 2. The minimum Gasteiger partial charge on any atom is -0.484 e. The Morgan fingerprint density at radius 3 is 0.811 bits per heavy atom. The molecule has 0 heterocycles. The number of amides is 2. The minimum atomic E-state index is -0.604. The molecule has 0 spiro atoms. The monoisotopic (exact) mass is 988 g/mol. The highest BCUT2D eigenvalue weighted by Gasteiger charge is 2.47. The van der Waals surface area contributed by atoms with E-state index in [2.05, 4.69) is 93.1 Å². The summed E-state index contributed by atoms with van der Waals surface area (Å²) in [5.74, 6) is 10.9. The third-order valence-corrected chi connectivity index (χ3v) is 13.3. The molecule has 0 fully saturated rings. The Labute approximate surface area is 427 Å². The third-order valence-electron chi connectivity index (χ3n) is 13.3. The molecule has 0 saturated carbocycles. The van der Waals surface area contributed by atoms with E-state index in [0.29, 0.717) is 23.0 Å². The summed E-state index contributed by atoms with van der Waals surface area (Å²) in [5, 5.41) is 0. The number of methoxy groups -OCH3 is 2.